The quantitative estimate of drug-likeness (QED) is 0.830. The summed E-state index contributed by atoms with van der Waals surface area (Å²) >= 11 is 0. The van der Waals surface area contributed by atoms with Gasteiger partial charge in [-0.3, -0.25) is 9.59 Å². The molecule has 24 heavy (non-hydrogen) atoms. The first-order chi connectivity index (χ1) is 11.7. The lowest BCUT2D eigenvalue weighted by atomic mass is 10.1. The van der Waals surface area contributed by atoms with Crippen LogP contribution in [0.25, 0.3) is 16.8 Å². The van der Waals surface area contributed by atoms with Gasteiger partial charge >= 0.3 is 5.97 Å². The minimum Gasteiger partial charge on any atom is -0.468 e. The van der Waals surface area contributed by atoms with Crippen molar-refractivity contribution in [2.75, 3.05) is 13.7 Å². The van der Waals surface area contributed by atoms with E-state index in [1.165, 1.54) is 7.11 Å². The van der Waals surface area contributed by atoms with Crippen molar-refractivity contribution in [3.8, 4) is 0 Å². The average molecular weight is 330 g/mol. The number of nitrogens with one attached hydrogen (secondary N) is 2. The first-order valence-electron chi connectivity index (χ1n) is 8.21. The van der Waals surface area contributed by atoms with Gasteiger partial charge in [0, 0.05) is 11.6 Å². The van der Waals surface area contributed by atoms with Gasteiger partial charge in [-0.1, -0.05) is 38.6 Å². The van der Waals surface area contributed by atoms with Gasteiger partial charge in [0.25, 0.3) is 5.56 Å². The Labute approximate surface area is 142 Å². The highest BCUT2D eigenvalue weighted by Gasteiger charge is 2.21. The van der Waals surface area contributed by atoms with E-state index >= 15 is 0 Å². The summed E-state index contributed by atoms with van der Waals surface area (Å²) in [5.74, 6) is -0.132. The van der Waals surface area contributed by atoms with Gasteiger partial charge in [-0.05, 0) is 42.5 Å². The summed E-state index contributed by atoms with van der Waals surface area (Å²) in [6.45, 7) is 8.60. The summed E-state index contributed by atoms with van der Waals surface area (Å²) in [7, 11) is 1.42. The molecule has 1 fully saturated rings. The molecule has 0 saturated carbocycles. The van der Waals surface area contributed by atoms with Crippen molar-refractivity contribution in [3.05, 3.63) is 53.0 Å². The molecule has 0 amide bonds. The summed E-state index contributed by atoms with van der Waals surface area (Å²) < 4.78 is 4.53. The van der Waals surface area contributed by atoms with E-state index in [0.717, 1.165) is 30.3 Å². The zero-order valence-corrected chi connectivity index (χ0v) is 14.6. The molecule has 1 atom stereocenters. The average Bonchev–Trinajstić information content (AvgIpc) is 3.18. The van der Waals surface area contributed by atoms with E-state index in [0.29, 0.717) is 5.39 Å². The van der Waals surface area contributed by atoms with E-state index in [1.54, 1.807) is 12.3 Å². The van der Waals surface area contributed by atoms with Crippen LogP contribution in [0, 0.1) is 0 Å². The van der Waals surface area contributed by atoms with Crippen LogP contribution in [0.4, 0.5) is 0 Å². The molecule has 130 valence electrons. The van der Waals surface area contributed by atoms with Crippen LogP contribution in [0.5, 0.6) is 0 Å². The number of pyridine rings is 1. The monoisotopic (exact) mass is 330 g/mol. The summed E-state index contributed by atoms with van der Waals surface area (Å²) in [4.78, 5) is 24.7. The molecule has 1 aliphatic rings. The molecule has 0 aliphatic carbocycles. The summed E-state index contributed by atoms with van der Waals surface area (Å²) in [5.41, 5.74) is 0.908. The van der Waals surface area contributed by atoms with Crippen LogP contribution in [-0.2, 0) is 9.53 Å². The maximum absolute atomic E-state index is 11.4. The Morgan fingerprint density at radius 3 is 2.67 bits per heavy atom. The lowest BCUT2D eigenvalue weighted by Gasteiger charge is -2.04. The first kappa shape index (κ1) is 19.6. The van der Waals surface area contributed by atoms with Crippen molar-refractivity contribution in [1.82, 2.24) is 10.3 Å². The van der Waals surface area contributed by atoms with Crippen molar-refractivity contribution in [1.29, 1.82) is 0 Å². The molecule has 5 nitrogen and oxygen atoms in total. The third-order valence-electron chi connectivity index (χ3n) is 3.58. The molecule has 1 saturated heterocycles. The topological polar surface area (TPSA) is 71.2 Å². The van der Waals surface area contributed by atoms with Gasteiger partial charge in [0.05, 0.1) is 7.11 Å². The van der Waals surface area contributed by atoms with Crippen molar-refractivity contribution in [2.24, 2.45) is 0 Å². The molecule has 2 heterocycles. The normalized spacial score (nSPS) is 15.5. The number of benzene rings is 1. The first-order valence-corrected chi connectivity index (χ1v) is 8.21. The molecule has 0 bridgehead atoms. The van der Waals surface area contributed by atoms with Crippen LogP contribution in [-0.4, -0.2) is 30.6 Å². The van der Waals surface area contributed by atoms with E-state index in [1.807, 2.05) is 38.1 Å². The second-order valence-corrected chi connectivity index (χ2v) is 5.03. The fourth-order valence-corrected chi connectivity index (χ4v) is 2.36. The molecule has 3 rings (SSSR count). The van der Waals surface area contributed by atoms with Crippen LogP contribution in [0.3, 0.4) is 0 Å². The molecule has 0 radical (unpaired) electrons. The maximum Gasteiger partial charge on any atom is 0.322 e. The largest absolute Gasteiger partial charge is 0.468 e. The number of carbonyl (C=O) groups is 1. The number of H-pyrrole nitrogens is 1. The van der Waals surface area contributed by atoms with Gasteiger partial charge in [-0.25, -0.2) is 0 Å². The Balaban J connectivity index is 0.000000230. The Bertz CT molecular complexity index is 716. The number of carbonyl (C=O) groups excluding carboxylic acids is 1. The predicted molar refractivity (Wildman–Crippen MR) is 99.0 cm³/mol. The fraction of sp³-hybridized carbons (Fsp3) is 0.368. The minimum atomic E-state index is -0.132. The Hall–Kier alpha value is -2.40. The second-order valence-electron chi connectivity index (χ2n) is 5.03. The molecule has 1 aliphatic heterocycles. The standard InChI is InChI=1S/C11H9NO.C6H11NO2.C2H6/c1-2-8-3-4-9-5-6-12-11(13)10(9)7-8;1-9-6(8)5-3-2-4-7-5;1-2/h2-7H,1H2,(H,12,13);5,7H,2-4H2,1H3;1-2H3/t;5-;/m.0./s1. The van der Waals surface area contributed by atoms with Gasteiger partial charge in [0.1, 0.15) is 6.04 Å². The smallest absolute Gasteiger partial charge is 0.322 e. The number of rotatable bonds is 2. The number of aromatic nitrogens is 1. The molecule has 0 unspecified atom stereocenters. The Morgan fingerprint density at radius 2 is 2.08 bits per heavy atom. The molecule has 2 N–H and O–H groups in total. The second kappa shape index (κ2) is 10.4. The number of esters is 1. The summed E-state index contributed by atoms with van der Waals surface area (Å²) in [6, 6.07) is 7.54. The molecular weight excluding hydrogens is 304 g/mol. The zero-order chi connectivity index (χ0) is 17.9. The van der Waals surface area contributed by atoms with Gasteiger partial charge in [0.15, 0.2) is 0 Å². The predicted octanol–water partition coefficient (Wildman–Crippen LogP) is 3.11. The maximum atomic E-state index is 11.4. The van der Waals surface area contributed by atoms with Crippen LogP contribution >= 0.6 is 0 Å². The Kier molecular flexibility index (Phi) is 8.50. The van der Waals surface area contributed by atoms with E-state index in [4.69, 9.17) is 0 Å². The molecule has 1 aromatic carbocycles. The van der Waals surface area contributed by atoms with E-state index in [9.17, 15) is 9.59 Å². The molecule has 1 aromatic heterocycles. The van der Waals surface area contributed by atoms with E-state index in [2.05, 4.69) is 21.6 Å². The third kappa shape index (κ3) is 5.35. The highest BCUT2D eigenvalue weighted by Crippen LogP contribution is 2.11. The van der Waals surface area contributed by atoms with Gasteiger partial charge in [0.2, 0.25) is 0 Å². The highest BCUT2D eigenvalue weighted by molar-refractivity contribution is 5.83. The number of hydrogen-bond donors (Lipinski definition) is 2. The lowest BCUT2D eigenvalue weighted by molar-refractivity contribution is -0.142. The van der Waals surface area contributed by atoms with Gasteiger partial charge < -0.3 is 15.0 Å². The van der Waals surface area contributed by atoms with E-state index in [-0.39, 0.29) is 17.6 Å². The Morgan fingerprint density at radius 1 is 1.33 bits per heavy atom. The van der Waals surface area contributed by atoms with Gasteiger partial charge in [-0.2, -0.15) is 0 Å². The minimum absolute atomic E-state index is 0.0324. The van der Waals surface area contributed by atoms with Gasteiger partial charge in [-0.15, -0.1) is 0 Å². The number of fused-ring (bicyclic) bond motifs is 1. The number of methoxy groups -OCH3 is 1. The number of hydrogen-bond acceptors (Lipinski definition) is 4. The third-order valence-corrected chi connectivity index (χ3v) is 3.58. The molecule has 0 spiro atoms. The molecular formula is C19H26N2O3. The molecule has 5 heteroatoms. The van der Waals surface area contributed by atoms with Crippen LogP contribution < -0.4 is 10.9 Å². The zero-order valence-electron chi connectivity index (χ0n) is 14.6. The van der Waals surface area contributed by atoms with Crippen molar-refractivity contribution in [2.45, 2.75) is 32.7 Å². The highest BCUT2D eigenvalue weighted by atomic mass is 16.5. The number of aromatic amines is 1. The fourth-order valence-electron chi connectivity index (χ4n) is 2.36. The summed E-state index contributed by atoms with van der Waals surface area (Å²) in [6.07, 6.45) is 5.39. The lowest BCUT2D eigenvalue weighted by Crippen LogP contribution is -2.31. The van der Waals surface area contributed by atoms with Crippen molar-refractivity contribution >= 4 is 22.8 Å². The van der Waals surface area contributed by atoms with Crippen LogP contribution in [0.2, 0.25) is 0 Å². The summed E-state index contributed by atoms with van der Waals surface area (Å²) in [5, 5.41) is 4.69. The SMILES string of the molecule is C=Cc1ccc2cc[nH]c(=O)c2c1.CC.COC(=O)[C@@H]1CCCN1. The van der Waals surface area contributed by atoms with Crippen molar-refractivity contribution < 1.29 is 9.53 Å². The van der Waals surface area contributed by atoms with Crippen molar-refractivity contribution in [3.63, 3.8) is 0 Å². The molecule has 2 aromatic rings. The van der Waals surface area contributed by atoms with Crippen LogP contribution in [0.1, 0.15) is 32.3 Å². The van der Waals surface area contributed by atoms with E-state index < -0.39 is 0 Å². The number of ether oxygens (including phenoxy) is 1. The van der Waals surface area contributed by atoms with Crippen LogP contribution in [0.15, 0.2) is 41.8 Å².